The van der Waals surface area contributed by atoms with Crippen LogP contribution in [-0.4, -0.2) is 46.4 Å². The average molecular weight is 413 g/mol. The number of rotatable bonds is 6. The molecule has 0 unspecified atom stereocenters. The van der Waals surface area contributed by atoms with Crippen LogP contribution in [0.25, 0.3) is 0 Å². The lowest BCUT2D eigenvalue weighted by molar-refractivity contribution is 0.344. The van der Waals surface area contributed by atoms with Crippen molar-refractivity contribution in [3.05, 3.63) is 47.8 Å². The fourth-order valence-electron chi connectivity index (χ4n) is 2.93. The first-order chi connectivity index (χ1) is 12.9. The molecule has 2 aromatic rings. The minimum Gasteiger partial charge on any atom is -0.496 e. The van der Waals surface area contributed by atoms with Crippen molar-refractivity contribution in [2.45, 2.75) is 10.3 Å². The summed E-state index contributed by atoms with van der Waals surface area (Å²) in [6.45, 7) is 0.340. The van der Waals surface area contributed by atoms with Gasteiger partial charge in [0.2, 0.25) is 10.0 Å². The van der Waals surface area contributed by atoms with Crippen molar-refractivity contribution in [3.63, 3.8) is 0 Å². The van der Waals surface area contributed by atoms with Crippen LogP contribution in [0.4, 0.5) is 4.39 Å². The minimum absolute atomic E-state index is 0.0517. The SMILES string of the molecule is COc1cc(OC)c([C@@H]2SCCN2S(=O)(=O)c2ccc(F)cc2)cc1OC. The van der Waals surface area contributed by atoms with Gasteiger partial charge in [-0.25, -0.2) is 12.8 Å². The fourth-order valence-corrected chi connectivity index (χ4v) is 6.18. The van der Waals surface area contributed by atoms with Crippen LogP contribution in [0.1, 0.15) is 10.9 Å². The molecule has 1 atom stereocenters. The van der Waals surface area contributed by atoms with E-state index in [-0.39, 0.29) is 4.90 Å². The van der Waals surface area contributed by atoms with Crippen molar-refractivity contribution in [2.24, 2.45) is 0 Å². The van der Waals surface area contributed by atoms with E-state index in [1.165, 1.54) is 49.5 Å². The van der Waals surface area contributed by atoms with E-state index in [9.17, 15) is 12.8 Å². The molecule has 0 aromatic heterocycles. The molecule has 1 saturated heterocycles. The Labute approximate surface area is 162 Å². The van der Waals surface area contributed by atoms with E-state index in [1.807, 2.05) is 0 Å². The highest BCUT2D eigenvalue weighted by Crippen LogP contribution is 2.47. The van der Waals surface area contributed by atoms with Crippen LogP contribution in [0.3, 0.4) is 0 Å². The summed E-state index contributed by atoms with van der Waals surface area (Å²) in [5.41, 5.74) is 0.670. The second kappa shape index (κ2) is 7.95. The number of halogens is 1. The van der Waals surface area contributed by atoms with Gasteiger partial charge in [-0.15, -0.1) is 11.8 Å². The molecule has 0 saturated carbocycles. The van der Waals surface area contributed by atoms with E-state index in [4.69, 9.17) is 14.2 Å². The Bertz CT molecular complexity index is 918. The molecule has 1 heterocycles. The smallest absolute Gasteiger partial charge is 0.244 e. The van der Waals surface area contributed by atoms with E-state index < -0.39 is 21.2 Å². The number of benzene rings is 2. The number of nitrogens with zero attached hydrogens (tertiary/aromatic N) is 1. The maximum absolute atomic E-state index is 13.2. The van der Waals surface area contributed by atoms with Gasteiger partial charge in [-0.3, -0.25) is 0 Å². The molecule has 1 fully saturated rings. The molecule has 9 heteroatoms. The van der Waals surface area contributed by atoms with Crippen LogP contribution < -0.4 is 14.2 Å². The number of methoxy groups -OCH3 is 3. The van der Waals surface area contributed by atoms with E-state index in [1.54, 1.807) is 12.1 Å². The van der Waals surface area contributed by atoms with Gasteiger partial charge in [-0.05, 0) is 30.3 Å². The van der Waals surface area contributed by atoms with E-state index in [2.05, 4.69) is 0 Å². The number of ether oxygens (including phenoxy) is 3. The molecule has 0 bridgehead atoms. The molecule has 0 spiro atoms. The minimum atomic E-state index is -3.79. The first-order valence-electron chi connectivity index (χ1n) is 8.11. The van der Waals surface area contributed by atoms with Crippen molar-refractivity contribution >= 4 is 21.8 Å². The Morgan fingerprint density at radius 1 is 1.00 bits per heavy atom. The molecule has 0 N–H and O–H groups in total. The molecule has 27 heavy (non-hydrogen) atoms. The number of hydrogen-bond acceptors (Lipinski definition) is 6. The highest BCUT2D eigenvalue weighted by molar-refractivity contribution is 8.01. The molecule has 2 aromatic carbocycles. The third-order valence-corrected chi connectivity index (χ3v) is 7.53. The number of thioether (sulfide) groups is 1. The van der Waals surface area contributed by atoms with Crippen LogP contribution in [0.5, 0.6) is 17.2 Å². The predicted molar refractivity (Wildman–Crippen MR) is 102 cm³/mol. The van der Waals surface area contributed by atoms with Gasteiger partial charge in [0.1, 0.15) is 11.6 Å². The van der Waals surface area contributed by atoms with Crippen molar-refractivity contribution in [1.82, 2.24) is 4.31 Å². The number of hydrogen-bond donors (Lipinski definition) is 0. The van der Waals surface area contributed by atoms with Crippen LogP contribution in [0.15, 0.2) is 41.3 Å². The lowest BCUT2D eigenvalue weighted by atomic mass is 10.1. The zero-order valence-corrected chi connectivity index (χ0v) is 16.8. The zero-order valence-electron chi connectivity index (χ0n) is 15.1. The Hall–Kier alpha value is -1.97. The summed E-state index contributed by atoms with van der Waals surface area (Å²) in [4.78, 5) is 0.0517. The van der Waals surface area contributed by atoms with Crippen molar-refractivity contribution in [3.8, 4) is 17.2 Å². The van der Waals surface area contributed by atoms with E-state index in [0.29, 0.717) is 35.1 Å². The van der Waals surface area contributed by atoms with Crippen molar-refractivity contribution in [1.29, 1.82) is 0 Å². The lowest BCUT2D eigenvalue weighted by Crippen LogP contribution is -2.30. The number of sulfonamides is 1. The Kier molecular flexibility index (Phi) is 5.83. The summed E-state index contributed by atoms with van der Waals surface area (Å²) in [5.74, 6) is 1.63. The molecule has 0 amide bonds. The maximum atomic E-state index is 13.2. The summed E-state index contributed by atoms with van der Waals surface area (Å²) in [5, 5.41) is -0.491. The van der Waals surface area contributed by atoms with Crippen LogP contribution in [0.2, 0.25) is 0 Å². The van der Waals surface area contributed by atoms with Crippen LogP contribution in [-0.2, 0) is 10.0 Å². The molecule has 1 aliphatic rings. The average Bonchev–Trinajstić information content (AvgIpc) is 3.17. The van der Waals surface area contributed by atoms with Gasteiger partial charge in [0.05, 0.1) is 31.6 Å². The highest BCUT2D eigenvalue weighted by atomic mass is 32.2. The van der Waals surface area contributed by atoms with Gasteiger partial charge in [0, 0.05) is 23.9 Å². The van der Waals surface area contributed by atoms with Gasteiger partial charge in [-0.1, -0.05) is 0 Å². The normalized spacial score (nSPS) is 17.7. The van der Waals surface area contributed by atoms with Crippen molar-refractivity contribution in [2.75, 3.05) is 33.6 Å². The van der Waals surface area contributed by atoms with E-state index in [0.717, 1.165) is 12.1 Å². The summed E-state index contributed by atoms with van der Waals surface area (Å²) in [6.07, 6.45) is 0. The third kappa shape index (κ3) is 3.71. The largest absolute Gasteiger partial charge is 0.496 e. The second-order valence-electron chi connectivity index (χ2n) is 5.74. The van der Waals surface area contributed by atoms with Gasteiger partial charge in [0.15, 0.2) is 11.5 Å². The molecular formula is C18H20FNO5S2. The topological polar surface area (TPSA) is 65.1 Å². The van der Waals surface area contributed by atoms with Gasteiger partial charge < -0.3 is 14.2 Å². The molecule has 0 aliphatic carbocycles. The molecule has 6 nitrogen and oxygen atoms in total. The Morgan fingerprint density at radius 3 is 2.19 bits per heavy atom. The fraction of sp³-hybridized carbons (Fsp3) is 0.333. The van der Waals surface area contributed by atoms with Gasteiger partial charge in [0.25, 0.3) is 0 Å². The molecule has 3 rings (SSSR count). The molecule has 1 aliphatic heterocycles. The third-order valence-electron chi connectivity index (χ3n) is 4.27. The summed E-state index contributed by atoms with van der Waals surface area (Å²) < 4.78 is 56.9. The monoisotopic (exact) mass is 413 g/mol. The lowest BCUT2D eigenvalue weighted by Gasteiger charge is -2.25. The summed E-state index contributed by atoms with van der Waals surface area (Å²) in [7, 11) is 0.759. The first-order valence-corrected chi connectivity index (χ1v) is 10.6. The second-order valence-corrected chi connectivity index (χ2v) is 8.82. The van der Waals surface area contributed by atoms with Gasteiger partial charge >= 0.3 is 0 Å². The van der Waals surface area contributed by atoms with Crippen molar-refractivity contribution < 1.29 is 27.0 Å². The van der Waals surface area contributed by atoms with Gasteiger partial charge in [-0.2, -0.15) is 4.31 Å². The van der Waals surface area contributed by atoms with Crippen LogP contribution in [0, 0.1) is 5.82 Å². The van der Waals surface area contributed by atoms with Crippen LogP contribution >= 0.6 is 11.8 Å². The predicted octanol–water partition coefficient (Wildman–Crippen LogP) is 3.29. The molecule has 146 valence electrons. The molecular weight excluding hydrogens is 393 g/mol. The standard InChI is InChI=1S/C18H20FNO5S2/c1-23-15-11-17(25-3)16(24-2)10-14(15)18-20(8-9-26-18)27(21,22)13-6-4-12(19)5-7-13/h4-7,10-11,18H,8-9H2,1-3H3/t18-/m0/s1. The molecule has 0 radical (unpaired) electrons. The summed E-state index contributed by atoms with van der Waals surface area (Å²) in [6, 6.07) is 8.24. The Morgan fingerprint density at radius 2 is 1.59 bits per heavy atom. The highest BCUT2D eigenvalue weighted by Gasteiger charge is 2.38. The maximum Gasteiger partial charge on any atom is 0.244 e. The Balaban J connectivity index is 2.05. The quantitative estimate of drug-likeness (QED) is 0.724. The summed E-state index contributed by atoms with van der Waals surface area (Å²) >= 11 is 1.49. The first kappa shape index (κ1) is 19.8. The van der Waals surface area contributed by atoms with E-state index >= 15 is 0 Å². The zero-order chi connectivity index (χ0) is 19.6.